The van der Waals surface area contributed by atoms with Gasteiger partial charge in [-0.05, 0) is 12.1 Å². The first-order chi connectivity index (χ1) is 6.29. The number of imide groups is 1. The molecule has 0 spiro atoms. The first kappa shape index (κ1) is 7.60. The van der Waals surface area contributed by atoms with Crippen LogP contribution < -0.4 is 10.0 Å². The van der Waals surface area contributed by atoms with Crippen molar-refractivity contribution in [2.45, 2.75) is 0 Å². The van der Waals surface area contributed by atoms with Crippen molar-refractivity contribution in [3.8, 4) is 0 Å². The molecule has 0 atom stereocenters. The molecule has 0 bridgehead atoms. The number of para-hydroxylation sites is 1. The van der Waals surface area contributed by atoms with Crippen molar-refractivity contribution in [3.05, 3.63) is 30.3 Å². The van der Waals surface area contributed by atoms with E-state index in [0.29, 0.717) is 5.69 Å². The lowest BCUT2D eigenvalue weighted by molar-refractivity contribution is -0.408. The SMILES string of the molecule is O=C1N=[NH+]C(=O)N1c1ccccc1. The van der Waals surface area contributed by atoms with Crippen LogP contribution in [0.1, 0.15) is 0 Å². The van der Waals surface area contributed by atoms with Crippen LogP contribution in [-0.4, -0.2) is 12.1 Å². The molecule has 4 amide bonds. The molecular formula is C8H6N3O2+. The van der Waals surface area contributed by atoms with Crippen LogP contribution in [0.15, 0.2) is 35.4 Å². The zero-order valence-electron chi connectivity index (χ0n) is 6.60. The summed E-state index contributed by atoms with van der Waals surface area (Å²) < 4.78 is 0. The van der Waals surface area contributed by atoms with E-state index in [1.165, 1.54) is 0 Å². The van der Waals surface area contributed by atoms with Gasteiger partial charge in [0.2, 0.25) is 0 Å². The van der Waals surface area contributed by atoms with Crippen molar-refractivity contribution < 1.29 is 14.7 Å². The van der Waals surface area contributed by atoms with E-state index in [-0.39, 0.29) is 0 Å². The van der Waals surface area contributed by atoms with Gasteiger partial charge in [0.25, 0.3) is 0 Å². The van der Waals surface area contributed by atoms with Crippen LogP contribution in [-0.2, 0) is 0 Å². The summed E-state index contributed by atoms with van der Waals surface area (Å²) in [5, 5.41) is 5.34. The molecule has 0 unspecified atom stereocenters. The van der Waals surface area contributed by atoms with E-state index in [0.717, 1.165) is 4.90 Å². The lowest BCUT2D eigenvalue weighted by Crippen LogP contribution is -2.70. The first-order valence-corrected chi connectivity index (χ1v) is 3.69. The number of amides is 4. The molecule has 0 fully saturated rings. The van der Waals surface area contributed by atoms with E-state index in [9.17, 15) is 9.59 Å². The Hall–Kier alpha value is -2.04. The number of nitrogens with zero attached hydrogens (tertiary/aromatic N) is 2. The zero-order chi connectivity index (χ0) is 9.26. The van der Waals surface area contributed by atoms with Crippen molar-refractivity contribution in [3.63, 3.8) is 0 Å². The van der Waals surface area contributed by atoms with Crippen molar-refractivity contribution in [1.82, 2.24) is 0 Å². The molecule has 0 saturated heterocycles. The Kier molecular flexibility index (Phi) is 1.63. The summed E-state index contributed by atoms with van der Waals surface area (Å²) in [5.41, 5.74) is 0.520. The molecule has 1 heterocycles. The van der Waals surface area contributed by atoms with Crippen molar-refractivity contribution >= 4 is 17.7 Å². The molecule has 0 saturated carbocycles. The third-order valence-corrected chi connectivity index (χ3v) is 1.66. The summed E-state index contributed by atoms with van der Waals surface area (Å²) in [6.45, 7) is 0. The smallest absolute Gasteiger partial charge is 0.214 e. The summed E-state index contributed by atoms with van der Waals surface area (Å²) in [7, 11) is 0. The van der Waals surface area contributed by atoms with Gasteiger partial charge < -0.3 is 0 Å². The highest BCUT2D eigenvalue weighted by Crippen LogP contribution is 2.14. The van der Waals surface area contributed by atoms with Gasteiger partial charge in [-0.15, -0.1) is 5.11 Å². The predicted octanol–water partition coefficient (Wildman–Crippen LogP) is 0.279. The lowest BCUT2D eigenvalue weighted by atomic mass is 10.3. The fourth-order valence-electron chi connectivity index (χ4n) is 1.09. The van der Waals surface area contributed by atoms with E-state index in [1.807, 2.05) is 0 Å². The normalized spacial score (nSPS) is 15.5. The number of carbonyl (C=O) groups is 2. The number of hydrogen-bond acceptors (Lipinski definition) is 2. The quantitative estimate of drug-likeness (QED) is 0.667. The summed E-state index contributed by atoms with van der Waals surface area (Å²) >= 11 is 0. The number of benzene rings is 1. The van der Waals surface area contributed by atoms with Crippen molar-refractivity contribution in [2.24, 2.45) is 5.11 Å². The third-order valence-electron chi connectivity index (χ3n) is 1.66. The highest BCUT2D eigenvalue weighted by atomic mass is 16.2. The van der Waals surface area contributed by atoms with Crippen molar-refractivity contribution in [2.75, 3.05) is 4.90 Å². The van der Waals surface area contributed by atoms with Crippen molar-refractivity contribution in [1.29, 1.82) is 0 Å². The minimum Gasteiger partial charge on any atom is -0.214 e. The molecule has 1 N–H and O–H groups in total. The average molecular weight is 176 g/mol. The number of urea groups is 2. The molecule has 5 heteroatoms. The molecule has 13 heavy (non-hydrogen) atoms. The highest BCUT2D eigenvalue weighted by molar-refractivity contribution is 6.12. The third kappa shape index (κ3) is 1.20. The molecule has 0 radical (unpaired) electrons. The molecule has 0 aromatic heterocycles. The number of hydrogen-bond donors (Lipinski definition) is 1. The number of nitrogens with one attached hydrogen (secondary N) is 1. The Morgan fingerprint density at radius 3 is 2.38 bits per heavy atom. The first-order valence-electron chi connectivity index (χ1n) is 3.69. The highest BCUT2D eigenvalue weighted by Gasteiger charge is 2.38. The van der Waals surface area contributed by atoms with Gasteiger partial charge in [0, 0.05) is 5.11 Å². The van der Waals surface area contributed by atoms with Gasteiger partial charge in [0.1, 0.15) is 5.69 Å². The van der Waals surface area contributed by atoms with Gasteiger partial charge in [-0.3, -0.25) is 0 Å². The second kappa shape index (κ2) is 2.78. The largest absolute Gasteiger partial charge is 0.526 e. The minimum absolute atomic E-state index is 0.517. The number of azo groups is 1. The molecule has 2 rings (SSSR count). The van der Waals surface area contributed by atoms with Gasteiger partial charge in [-0.1, -0.05) is 23.1 Å². The summed E-state index contributed by atoms with van der Waals surface area (Å²) in [6, 6.07) is 7.52. The number of rotatable bonds is 1. The Bertz CT molecular complexity index is 368. The molecular weight excluding hydrogens is 170 g/mol. The average Bonchev–Trinajstić information content (AvgIpc) is 2.48. The Labute approximate surface area is 73.7 Å². The topological polar surface area (TPSA) is 63.7 Å². The zero-order valence-corrected chi connectivity index (χ0v) is 6.60. The van der Waals surface area contributed by atoms with Gasteiger partial charge in [-0.25, -0.2) is 4.79 Å². The molecule has 0 aliphatic carbocycles. The molecule has 1 aliphatic heterocycles. The maximum Gasteiger partial charge on any atom is 0.526 e. The maximum absolute atomic E-state index is 11.1. The fourth-order valence-corrected chi connectivity index (χ4v) is 1.09. The van der Waals surface area contributed by atoms with E-state index in [1.54, 1.807) is 30.3 Å². The fraction of sp³-hybridized carbons (Fsp3) is 0. The Morgan fingerprint density at radius 2 is 1.85 bits per heavy atom. The van der Waals surface area contributed by atoms with E-state index < -0.39 is 12.1 Å². The molecule has 1 aromatic rings. The number of anilines is 1. The molecule has 5 nitrogen and oxygen atoms in total. The van der Waals surface area contributed by atoms with Gasteiger partial charge in [0.05, 0.1) is 0 Å². The van der Waals surface area contributed by atoms with E-state index in [4.69, 9.17) is 0 Å². The predicted molar refractivity (Wildman–Crippen MR) is 43.1 cm³/mol. The monoisotopic (exact) mass is 176 g/mol. The summed E-state index contributed by atoms with van der Waals surface area (Å²) in [6.07, 6.45) is 0. The molecule has 1 aromatic carbocycles. The minimum atomic E-state index is -0.587. The van der Waals surface area contributed by atoms with Crippen LogP contribution in [0.2, 0.25) is 0 Å². The van der Waals surface area contributed by atoms with Crippen LogP contribution in [0, 0.1) is 0 Å². The van der Waals surface area contributed by atoms with Gasteiger partial charge >= 0.3 is 12.1 Å². The van der Waals surface area contributed by atoms with E-state index in [2.05, 4.69) is 10.2 Å². The molecule has 1 aliphatic rings. The maximum atomic E-state index is 11.1. The second-order valence-electron chi connectivity index (χ2n) is 2.48. The summed E-state index contributed by atoms with van der Waals surface area (Å²) in [4.78, 5) is 23.1. The molecule has 64 valence electrons. The number of carbonyl (C=O) groups excluding carboxylic acids is 2. The van der Waals surface area contributed by atoms with Gasteiger partial charge in [-0.2, -0.15) is 4.79 Å². The van der Waals surface area contributed by atoms with Crippen LogP contribution in [0.4, 0.5) is 15.3 Å². The Balaban J connectivity index is 2.38. The van der Waals surface area contributed by atoms with Crippen LogP contribution in [0.25, 0.3) is 0 Å². The van der Waals surface area contributed by atoms with Crippen LogP contribution >= 0.6 is 0 Å². The second-order valence-corrected chi connectivity index (χ2v) is 2.48. The van der Waals surface area contributed by atoms with Crippen LogP contribution in [0.3, 0.4) is 0 Å². The summed E-state index contributed by atoms with van der Waals surface area (Å²) in [5.74, 6) is 0. The lowest BCUT2D eigenvalue weighted by Gasteiger charge is -2.00. The van der Waals surface area contributed by atoms with Crippen LogP contribution in [0.5, 0.6) is 0 Å². The standard InChI is InChI=1S/C8H5N3O2/c12-7-9-10-8(13)11(7)6-4-2-1-3-5-6/h1-5H/p+1. The van der Waals surface area contributed by atoms with E-state index >= 15 is 0 Å². The van der Waals surface area contributed by atoms with Gasteiger partial charge in [0.15, 0.2) is 0 Å². The Morgan fingerprint density at radius 1 is 1.15 bits per heavy atom.